The summed E-state index contributed by atoms with van der Waals surface area (Å²) in [6.45, 7) is 7.31. The van der Waals surface area contributed by atoms with Gasteiger partial charge in [-0.3, -0.25) is 10.00 Å². The van der Waals surface area contributed by atoms with Crippen LogP contribution < -0.4 is 4.90 Å². The summed E-state index contributed by atoms with van der Waals surface area (Å²) >= 11 is 0. The molecule has 1 N–H and O–H groups in total. The first-order chi connectivity index (χ1) is 11.7. The molecule has 0 spiro atoms. The highest BCUT2D eigenvalue weighted by molar-refractivity contribution is 5.43. The molecular formula is C18H26N6. The molecule has 0 unspecified atom stereocenters. The number of rotatable bonds is 5. The largest absolute Gasteiger partial charge is 0.350 e. The Balaban J connectivity index is 1.40. The number of aromatic nitrogens is 4. The molecule has 24 heavy (non-hydrogen) atoms. The summed E-state index contributed by atoms with van der Waals surface area (Å²) in [6, 6.07) is 5.57. The van der Waals surface area contributed by atoms with Crippen LogP contribution in [-0.2, 0) is 6.54 Å². The van der Waals surface area contributed by atoms with Crippen molar-refractivity contribution in [2.24, 2.45) is 0 Å². The zero-order valence-electron chi connectivity index (χ0n) is 14.6. The number of anilines is 1. The van der Waals surface area contributed by atoms with Gasteiger partial charge in [0.05, 0.1) is 5.69 Å². The summed E-state index contributed by atoms with van der Waals surface area (Å²) in [4.78, 5) is 13.9. The van der Waals surface area contributed by atoms with Gasteiger partial charge >= 0.3 is 0 Å². The lowest BCUT2D eigenvalue weighted by molar-refractivity contribution is 0.198. The van der Waals surface area contributed by atoms with E-state index in [1.54, 1.807) is 6.33 Å². The van der Waals surface area contributed by atoms with Gasteiger partial charge in [0.25, 0.3) is 0 Å². The fraction of sp³-hybridized carbons (Fsp3) is 0.611. The molecule has 2 aromatic rings. The van der Waals surface area contributed by atoms with Gasteiger partial charge in [-0.05, 0) is 45.6 Å². The molecule has 1 saturated heterocycles. The molecule has 6 heteroatoms. The Kier molecular flexibility index (Phi) is 4.22. The minimum absolute atomic E-state index is 0.601. The first kappa shape index (κ1) is 15.6. The van der Waals surface area contributed by atoms with E-state index in [1.807, 2.05) is 6.92 Å². The summed E-state index contributed by atoms with van der Waals surface area (Å²) in [6.07, 6.45) is 6.70. The summed E-state index contributed by atoms with van der Waals surface area (Å²) in [5.41, 5.74) is 3.34. The summed E-state index contributed by atoms with van der Waals surface area (Å²) in [5, 5.41) is 7.40. The number of aryl methyl sites for hydroxylation is 2. The predicted octanol–water partition coefficient (Wildman–Crippen LogP) is 2.45. The zero-order valence-corrected chi connectivity index (χ0v) is 14.6. The number of hydrogen-bond acceptors (Lipinski definition) is 5. The molecule has 1 aliphatic heterocycles. The van der Waals surface area contributed by atoms with Crippen molar-refractivity contribution < 1.29 is 0 Å². The Morgan fingerprint density at radius 1 is 1.08 bits per heavy atom. The van der Waals surface area contributed by atoms with Gasteiger partial charge in [0, 0.05) is 49.2 Å². The molecule has 0 radical (unpaired) electrons. The maximum atomic E-state index is 4.55. The molecule has 0 aromatic carbocycles. The van der Waals surface area contributed by atoms with Crippen LogP contribution in [0.2, 0.25) is 0 Å². The minimum atomic E-state index is 0.601. The van der Waals surface area contributed by atoms with Crippen LogP contribution in [0.25, 0.3) is 0 Å². The van der Waals surface area contributed by atoms with Gasteiger partial charge in [-0.2, -0.15) is 5.10 Å². The number of hydrogen-bond donors (Lipinski definition) is 1. The Labute approximate surface area is 143 Å². The van der Waals surface area contributed by atoms with Gasteiger partial charge < -0.3 is 4.90 Å². The second-order valence-corrected chi connectivity index (χ2v) is 7.21. The lowest BCUT2D eigenvalue weighted by Gasteiger charge is -2.39. The van der Waals surface area contributed by atoms with Crippen molar-refractivity contribution in [2.75, 3.05) is 18.0 Å². The van der Waals surface area contributed by atoms with E-state index in [-0.39, 0.29) is 0 Å². The van der Waals surface area contributed by atoms with Gasteiger partial charge in [-0.15, -0.1) is 0 Å². The lowest BCUT2D eigenvalue weighted by Crippen LogP contribution is -2.46. The third-order valence-corrected chi connectivity index (χ3v) is 5.09. The van der Waals surface area contributed by atoms with Crippen molar-refractivity contribution in [1.29, 1.82) is 0 Å². The van der Waals surface area contributed by atoms with Gasteiger partial charge in [0.1, 0.15) is 12.1 Å². The predicted molar refractivity (Wildman–Crippen MR) is 93.9 cm³/mol. The molecule has 0 atom stereocenters. The third kappa shape index (κ3) is 3.43. The molecule has 2 aliphatic rings. The number of nitrogens with one attached hydrogen (secondary N) is 1. The van der Waals surface area contributed by atoms with Crippen LogP contribution in [0.1, 0.15) is 42.8 Å². The SMILES string of the molecule is Cc1cc(N(C2CC2)C2CCN(Cc3cc(C)[nH]n3)CC2)ncn1. The lowest BCUT2D eigenvalue weighted by atomic mass is 10.0. The third-order valence-electron chi connectivity index (χ3n) is 5.09. The van der Waals surface area contributed by atoms with E-state index < -0.39 is 0 Å². The highest BCUT2D eigenvalue weighted by Crippen LogP contribution is 2.35. The molecule has 0 amide bonds. The maximum Gasteiger partial charge on any atom is 0.132 e. The van der Waals surface area contributed by atoms with Gasteiger partial charge in [-0.25, -0.2) is 9.97 Å². The fourth-order valence-corrected chi connectivity index (χ4v) is 3.75. The van der Waals surface area contributed by atoms with Gasteiger partial charge in [-0.1, -0.05) is 0 Å². The van der Waals surface area contributed by atoms with Crippen molar-refractivity contribution in [2.45, 2.75) is 58.2 Å². The number of aromatic amines is 1. The highest BCUT2D eigenvalue weighted by Gasteiger charge is 2.36. The average molecular weight is 326 g/mol. The van der Waals surface area contributed by atoms with Crippen LogP contribution in [0.4, 0.5) is 5.82 Å². The monoisotopic (exact) mass is 326 g/mol. The smallest absolute Gasteiger partial charge is 0.132 e. The van der Waals surface area contributed by atoms with Crippen molar-refractivity contribution in [1.82, 2.24) is 25.1 Å². The molecule has 1 saturated carbocycles. The van der Waals surface area contributed by atoms with E-state index in [9.17, 15) is 0 Å². The number of piperidine rings is 1. The van der Waals surface area contributed by atoms with Crippen molar-refractivity contribution in [3.63, 3.8) is 0 Å². The van der Waals surface area contributed by atoms with E-state index in [4.69, 9.17) is 0 Å². The van der Waals surface area contributed by atoms with E-state index in [2.05, 4.69) is 49.0 Å². The first-order valence-electron chi connectivity index (χ1n) is 8.99. The standard InChI is InChI=1S/C18H26N6/c1-13-10-18(20-12-19-13)24(16-3-4-16)17-5-7-23(8-6-17)11-15-9-14(2)21-22-15/h9-10,12,16-17H,3-8,11H2,1-2H3,(H,21,22). The molecule has 6 nitrogen and oxygen atoms in total. The highest BCUT2D eigenvalue weighted by atomic mass is 15.3. The average Bonchev–Trinajstić information content (AvgIpc) is 3.32. The van der Waals surface area contributed by atoms with Gasteiger partial charge in [0.2, 0.25) is 0 Å². The molecule has 0 bridgehead atoms. The Hall–Kier alpha value is -1.95. The van der Waals surface area contributed by atoms with E-state index in [1.165, 1.54) is 25.7 Å². The Morgan fingerprint density at radius 2 is 1.83 bits per heavy atom. The summed E-state index contributed by atoms with van der Waals surface area (Å²) < 4.78 is 0. The molecule has 4 rings (SSSR count). The van der Waals surface area contributed by atoms with Crippen molar-refractivity contribution >= 4 is 5.82 Å². The van der Waals surface area contributed by atoms with Crippen LogP contribution in [0.3, 0.4) is 0 Å². The van der Waals surface area contributed by atoms with Crippen molar-refractivity contribution in [3.8, 4) is 0 Å². The normalized spacial score (nSPS) is 19.6. The number of likely N-dealkylation sites (tertiary alicyclic amines) is 1. The maximum absolute atomic E-state index is 4.55. The minimum Gasteiger partial charge on any atom is -0.350 e. The van der Waals surface area contributed by atoms with Crippen LogP contribution in [0.15, 0.2) is 18.5 Å². The molecular weight excluding hydrogens is 300 g/mol. The van der Waals surface area contributed by atoms with Crippen LogP contribution in [0, 0.1) is 13.8 Å². The quantitative estimate of drug-likeness (QED) is 0.914. The first-order valence-corrected chi connectivity index (χ1v) is 8.99. The van der Waals surface area contributed by atoms with E-state index in [0.717, 1.165) is 42.5 Å². The van der Waals surface area contributed by atoms with Crippen LogP contribution in [0.5, 0.6) is 0 Å². The van der Waals surface area contributed by atoms with Crippen molar-refractivity contribution in [3.05, 3.63) is 35.5 Å². The van der Waals surface area contributed by atoms with Crippen LogP contribution >= 0.6 is 0 Å². The number of H-pyrrole nitrogens is 1. The number of nitrogens with zero attached hydrogens (tertiary/aromatic N) is 5. The van der Waals surface area contributed by atoms with Gasteiger partial charge in [0.15, 0.2) is 0 Å². The fourth-order valence-electron chi connectivity index (χ4n) is 3.75. The Morgan fingerprint density at radius 3 is 2.46 bits per heavy atom. The van der Waals surface area contributed by atoms with E-state index in [0.29, 0.717) is 12.1 Å². The molecule has 3 heterocycles. The Bertz CT molecular complexity index is 684. The molecule has 1 aliphatic carbocycles. The topological polar surface area (TPSA) is 60.9 Å². The molecule has 2 fully saturated rings. The summed E-state index contributed by atoms with van der Waals surface area (Å²) in [7, 11) is 0. The van der Waals surface area contributed by atoms with Crippen LogP contribution in [-0.4, -0.2) is 50.2 Å². The molecule has 2 aromatic heterocycles. The second-order valence-electron chi connectivity index (χ2n) is 7.21. The second kappa shape index (κ2) is 6.51. The summed E-state index contributed by atoms with van der Waals surface area (Å²) in [5.74, 6) is 1.12. The zero-order chi connectivity index (χ0) is 16.5. The molecule has 128 valence electrons. The van der Waals surface area contributed by atoms with E-state index >= 15 is 0 Å².